The van der Waals surface area contributed by atoms with Crippen LogP contribution in [-0.2, 0) is 9.59 Å². The van der Waals surface area contributed by atoms with Gasteiger partial charge in [0.25, 0.3) is 0 Å². The van der Waals surface area contributed by atoms with Crippen LogP contribution in [0.15, 0.2) is 5.38 Å². The molecule has 1 unspecified atom stereocenters. The standard InChI is InChI=1S/C13H18N2O3S/c1-3-8-4-9(10(5-8)12(17)18)11(16)15-13-14-7(2)6-19-13/h6,8-10H,3-5H2,1-2H3,(H,17,18)(H,14,15,16)/t8?,9-,10+/m0/s1. The number of carboxylic acids is 1. The summed E-state index contributed by atoms with van der Waals surface area (Å²) in [4.78, 5) is 27.6. The van der Waals surface area contributed by atoms with Gasteiger partial charge in [-0.05, 0) is 25.7 Å². The van der Waals surface area contributed by atoms with Crippen LogP contribution in [0, 0.1) is 24.7 Å². The van der Waals surface area contributed by atoms with Crippen LogP contribution >= 0.6 is 11.3 Å². The van der Waals surface area contributed by atoms with Gasteiger partial charge in [-0.15, -0.1) is 11.3 Å². The van der Waals surface area contributed by atoms with Crippen LogP contribution in [0.3, 0.4) is 0 Å². The number of anilines is 1. The molecule has 0 saturated heterocycles. The number of aryl methyl sites for hydroxylation is 1. The van der Waals surface area contributed by atoms with Crippen molar-refractivity contribution in [3.63, 3.8) is 0 Å². The van der Waals surface area contributed by atoms with Crippen LogP contribution in [0.4, 0.5) is 5.13 Å². The predicted octanol–water partition coefficient (Wildman–Crippen LogP) is 2.53. The van der Waals surface area contributed by atoms with Crippen molar-refractivity contribution >= 4 is 28.3 Å². The lowest BCUT2D eigenvalue weighted by atomic mass is 9.95. The first-order valence-corrected chi connectivity index (χ1v) is 7.35. The Morgan fingerprint density at radius 1 is 1.47 bits per heavy atom. The highest BCUT2D eigenvalue weighted by molar-refractivity contribution is 7.13. The van der Waals surface area contributed by atoms with E-state index in [9.17, 15) is 14.7 Å². The zero-order valence-electron chi connectivity index (χ0n) is 11.0. The molecular weight excluding hydrogens is 264 g/mol. The number of nitrogens with one attached hydrogen (secondary N) is 1. The normalized spacial score (nSPS) is 26.3. The van der Waals surface area contributed by atoms with Gasteiger partial charge in [0.15, 0.2) is 5.13 Å². The third-order valence-corrected chi connectivity index (χ3v) is 4.62. The molecule has 1 amide bonds. The Labute approximate surface area is 116 Å². The lowest BCUT2D eigenvalue weighted by Crippen LogP contribution is -2.29. The van der Waals surface area contributed by atoms with E-state index in [-0.39, 0.29) is 5.91 Å². The maximum Gasteiger partial charge on any atom is 0.307 e. The van der Waals surface area contributed by atoms with Gasteiger partial charge in [0.2, 0.25) is 5.91 Å². The predicted molar refractivity (Wildman–Crippen MR) is 73.1 cm³/mol. The molecule has 1 heterocycles. The second kappa shape index (κ2) is 5.69. The minimum absolute atomic E-state index is 0.210. The van der Waals surface area contributed by atoms with Crippen molar-refractivity contribution in [3.05, 3.63) is 11.1 Å². The van der Waals surface area contributed by atoms with E-state index in [0.29, 0.717) is 23.9 Å². The minimum atomic E-state index is -0.869. The molecule has 0 aliphatic heterocycles. The fourth-order valence-corrected chi connectivity index (χ4v) is 3.34. The van der Waals surface area contributed by atoms with E-state index in [0.717, 1.165) is 12.1 Å². The van der Waals surface area contributed by atoms with E-state index in [1.807, 2.05) is 19.2 Å². The second-order valence-corrected chi connectivity index (χ2v) is 5.94. The summed E-state index contributed by atoms with van der Waals surface area (Å²) in [6.45, 7) is 3.89. The van der Waals surface area contributed by atoms with Gasteiger partial charge in [-0.1, -0.05) is 13.3 Å². The maximum absolute atomic E-state index is 12.2. The first-order chi connectivity index (χ1) is 9.01. The van der Waals surface area contributed by atoms with E-state index < -0.39 is 17.8 Å². The molecule has 2 N–H and O–H groups in total. The lowest BCUT2D eigenvalue weighted by Gasteiger charge is -2.14. The summed E-state index contributed by atoms with van der Waals surface area (Å²) < 4.78 is 0. The fourth-order valence-electron chi connectivity index (χ4n) is 2.65. The molecule has 0 radical (unpaired) electrons. The Morgan fingerprint density at radius 3 is 2.68 bits per heavy atom. The Hall–Kier alpha value is -1.43. The number of rotatable bonds is 4. The molecule has 1 aliphatic rings. The first-order valence-electron chi connectivity index (χ1n) is 6.47. The van der Waals surface area contributed by atoms with Crippen molar-refractivity contribution in [1.82, 2.24) is 4.98 Å². The van der Waals surface area contributed by atoms with Crippen molar-refractivity contribution in [3.8, 4) is 0 Å². The van der Waals surface area contributed by atoms with Crippen LogP contribution in [0.5, 0.6) is 0 Å². The third-order valence-electron chi connectivity index (χ3n) is 3.74. The van der Waals surface area contributed by atoms with Crippen molar-refractivity contribution in [1.29, 1.82) is 0 Å². The van der Waals surface area contributed by atoms with E-state index in [1.54, 1.807) is 0 Å². The average molecular weight is 282 g/mol. The number of nitrogens with zero attached hydrogens (tertiary/aromatic N) is 1. The largest absolute Gasteiger partial charge is 0.481 e. The number of carbonyl (C=O) groups excluding carboxylic acids is 1. The quantitative estimate of drug-likeness (QED) is 0.889. The number of carbonyl (C=O) groups is 2. The molecule has 2 rings (SSSR count). The molecule has 1 aliphatic carbocycles. The molecule has 104 valence electrons. The van der Waals surface area contributed by atoms with Gasteiger partial charge in [0.05, 0.1) is 17.5 Å². The van der Waals surface area contributed by atoms with Crippen LogP contribution < -0.4 is 5.32 Å². The Morgan fingerprint density at radius 2 is 2.16 bits per heavy atom. The second-order valence-electron chi connectivity index (χ2n) is 5.08. The highest BCUT2D eigenvalue weighted by Crippen LogP contribution is 2.39. The lowest BCUT2D eigenvalue weighted by molar-refractivity contribution is -0.145. The summed E-state index contributed by atoms with van der Waals surface area (Å²) in [5.74, 6) is -1.75. The maximum atomic E-state index is 12.2. The molecule has 19 heavy (non-hydrogen) atoms. The summed E-state index contributed by atoms with van der Waals surface area (Å²) in [6.07, 6.45) is 2.17. The summed E-state index contributed by atoms with van der Waals surface area (Å²) in [7, 11) is 0. The molecule has 1 aromatic heterocycles. The number of hydrogen-bond acceptors (Lipinski definition) is 4. The van der Waals surface area contributed by atoms with Crippen LogP contribution in [0.25, 0.3) is 0 Å². The van der Waals surface area contributed by atoms with Gasteiger partial charge in [-0.2, -0.15) is 0 Å². The SMILES string of the molecule is CCC1C[C@H](C(=O)Nc2nc(C)cs2)[C@H](C(=O)O)C1. The number of amides is 1. The smallest absolute Gasteiger partial charge is 0.307 e. The number of aliphatic carboxylic acids is 1. The van der Waals surface area contributed by atoms with Gasteiger partial charge in [-0.3, -0.25) is 9.59 Å². The van der Waals surface area contributed by atoms with Crippen LogP contribution in [0.2, 0.25) is 0 Å². The van der Waals surface area contributed by atoms with E-state index >= 15 is 0 Å². The molecule has 0 aromatic carbocycles. The van der Waals surface area contributed by atoms with E-state index in [2.05, 4.69) is 10.3 Å². The van der Waals surface area contributed by atoms with Crippen molar-refractivity contribution < 1.29 is 14.7 Å². The van der Waals surface area contributed by atoms with E-state index in [4.69, 9.17) is 0 Å². The Kier molecular flexibility index (Phi) is 4.19. The fraction of sp³-hybridized carbons (Fsp3) is 0.615. The third kappa shape index (κ3) is 3.12. The van der Waals surface area contributed by atoms with Gasteiger partial charge in [0.1, 0.15) is 0 Å². The molecule has 0 bridgehead atoms. The number of carboxylic acid groups (broad SMARTS) is 1. The van der Waals surface area contributed by atoms with Crippen molar-refractivity contribution in [2.75, 3.05) is 5.32 Å². The van der Waals surface area contributed by atoms with Crippen LogP contribution in [-0.4, -0.2) is 22.0 Å². The van der Waals surface area contributed by atoms with E-state index in [1.165, 1.54) is 11.3 Å². The van der Waals surface area contributed by atoms with Gasteiger partial charge in [0, 0.05) is 5.38 Å². The Balaban J connectivity index is 2.06. The molecule has 3 atom stereocenters. The molecule has 1 saturated carbocycles. The highest BCUT2D eigenvalue weighted by Gasteiger charge is 2.42. The van der Waals surface area contributed by atoms with Crippen LogP contribution in [0.1, 0.15) is 31.9 Å². The number of thiazole rings is 1. The van der Waals surface area contributed by atoms with Gasteiger partial charge >= 0.3 is 5.97 Å². The summed E-state index contributed by atoms with van der Waals surface area (Å²) in [6, 6.07) is 0. The Bertz CT molecular complexity index is 486. The molecular formula is C13H18N2O3S. The minimum Gasteiger partial charge on any atom is -0.481 e. The van der Waals surface area contributed by atoms with Gasteiger partial charge < -0.3 is 10.4 Å². The first kappa shape index (κ1) is 14.0. The number of aromatic nitrogens is 1. The zero-order valence-corrected chi connectivity index (χ0v) is 11.9. The number of hydrogen-bond donors (Lipinski definition) is 2. The monoisotopic (exact) mass is 282 g/mol. The topological polar surface area (TPSA) is 79.3 Å². The molecule has 1 fully saturated rings. The zero-order chi connectivity index (χ0) is 14.0. The summed E-state index contributed by atoms with van der Waals surface area (Å²) >= 11 is 1.36. The van der Waals surface area contributed by atoms with Gasteiger partial charge in [-0.25, -0.2) is 4.98 Å². The molecule has 1 aromatic rings. The van der Waals surface area contributed by atoms with Crippen molar-refractivity contribution in [2.45, 2.75) is 33.1 Å². The summed E-state index contributed by atoms with van der Waals surface area (Å²) in [5.41, 5.74) is 0.855. The average Bonchev–Trinajstić information content (AvgIpc) is 2.95. The molecule has 5 nitrogen and oxygen atoms in total. The van der Waals surface area contributed by atoms with Crippen molar-refractivity contribution in [2.24, 2.45) is 17.8 Å². The summed E-state index contributed by atoms with van der Waals surface area (Å²) in [5, 5.41) is 14.4. The molecule has 6 heteroatoms. The highest BCUT2D eigenvalue weighted by atomic mass is 32.1. The molecule has 0 spiro atoms.